The molecule has 0 saturated heterocycles. The number of nitrogens with one attached hydrogen (secondary N) is 2. The van der Waals surface area contributed by atoms with Crippen LogP contribution in [0.15, 0.2) is 54.6 Å². The van der Waals surface area contributed by atoms with E-state index in [1.165, 1.54) is 25.1 Å². The van der Waals surface area contributed by atoms with Gasteiger partial charge in [-0.1, -0.05) is 18.2 Å². The number of nitrogens with two attached hydrogens (primary N) is 1. The molecule has 10 heteroatoms. The Bertz CT molecular complexity index is 1170. The quantitative estimate of drug-likeness (QED) is 0.366. The highest BCUT2D eigenvalue weighted by molar-refractivity contribution is 5.97. The molecule has 5 N–H and O–H groups in total. The third kappa shape index (κ3) is 6.16. The van der Waals surface area contributed by atoms with Crippen molar-refractivity contribution in [2.45, 2.75) is 13.5 Å². The number of pyridine rings is 1. The zero-order valence-electron chi connectivity index (χ0n) is 17.6. The van der Waals surface area contributed by atoms with E-state index in [9.17, 15) is 23.5 Å². The van der Waals surface area contributed by atoms with Crippen LogP contribution in [0.5, 0.6) is 11.5 Å². The number of nitrogens with zero attached hydrogens (tertiary/aromatic N) is 1. The number of carbonyl (C=O) groups is 2. The van der Waals surface area contributed by atoms with Gasteiger partial charge in [-0.2, -0.15) is 8.78 Å². The lowest BCUT2D eigenvalue weighted by atomic mass is 10.0. The predicted octanol–water partition coefficient (Wildman–Crippen LogP) is 3.37. The van der Waals surface area contributed by atoms with E-state index in [4.69, 9.17) is 5.73 Å². The number of benzene rings is 2. The number of amides is 2. The van der Waals surface area contributed by atoms with Crippen molar-refractivity contribution >= 4 is 17.6 Å². The SMILES string of the molecule is CC(=O)NCCNc1cc(-c2ccccc2OC(F)F)cc(-c2ccc(O)c(C(N)=O)c2)n1. The van der Waals surface area contributed by atoms with Crippen LogP contribution >= 0.6 is 0 Å². The lowest BCUT2D eigenvalue weighted by molar-refractivity contribution is -0.118. The molecule has 0 radical (unpaired) electrons. The molecule has 0 aliphatic heterocycles. The summed E-state index contributed by atoms with van der Waals surface area (Å²) >= 11 is 0. The molecule has 33 heavy (non-hydrogen) atoms. The van der Waals surface area contributed by atoms with E-state index >= 15 is 0 Å². The number of para-hydroxylation sites is 1. The molecule has 2 aromatic carbocycles. The van der Waals surface area contributed by atoms with E-state index in [-0.39, 0.29) is 23.0 Å². The predicted molar refractivity (Wildman–Crippen MR) is 119 cm³/mol. The first-order valence-corrected chi connectivity index (χ1v) is 9.92. The number of phenols is 1. The second-order valence-corrected chi connectivity index (χ2v) is 7.01. The molecule has 0 atom stereocenters. The largest absolute Gasteiger partial charge is 0.507 e. The monoisotopic (exact) mass is 456 g/mol. The van der Waals surface area contributed by atoms with Gasteiger partial charge in [-0.15, -0.1) is 0 Å². The van der Waals surface area contributed by atoms with Gasteiger partial charge in [0.15, 0.2) is 0 Å². The van der Waals surface area contributed by atoms with Crippen LogP contribution in [-0.4, -0.2) is 41.6 Å². The highest BCUT2D eigenvalue weighted by atomic mass is 19.3. The van der Waals surface area contributed by atoms with Gasteiger partial charge in [0.25, 0.3) is 5.91 Å². The van der Waals surface area contributed by atoms with Crippen molar-refractivity contribution in [1.29, 1.82) is 0 Å². The summed E-state index contributed by atoms with van der Waals surface area (Å²) < 4.78 is 30.5. The standard InChI is InChI=1S/C23H22F2N4O4/c1-13(30)27-8-9-28-21-12-15(16-4-2-3-5-20(16)33-23(24)25)11-18(29-21)14-6-7-19(31)17(10-14)22(26)32/h2-7,10-12,23,31H,8-9H2,1H3,(H2,26,32)(H,27,30)(H,28,29). The Morgan fingerprint density at radius 3 is 2.55 bits per heavy atom. The Hall–Kier alpha value is -4.21. The van der Waals surface area contributed by atoms with Gasteiger partial charge in [0.1, 0.15) is 17.3 Å². The topological polar surface area (TPSA) is 127 Å². The number of rotatable bonds is 9. The van der Waals surface area contributed by atoms with Gasteiger partial charge in [0, 0.05) is 31.1 Å². The van der Waals surface area contributed by atoms with Crippen LogP contribution in [0.25, 0.3) is 22.4 Å². The highest BCUT2D eigenvalue weighted by Gasteiger charge is 2.15. The van der Waals surface area contributed by atoms with Crippen molar-refractivity contribution < 1.29 is 28.2 Å². The molecule has 172 valence electrons. The summed E-state index contributed by atoms with van der Waals surface area (Å²) in [5, 5.41) is 15.6. The molecule has 2 amide bonds. The van der Waals surface area contributed by atoms with Crippen LogP contribution in [0.3, 0.4) is 0 Å². The van der Waals surface area contributed by atoms with Crippen LogP contribution in [0.4, 0.5) is 14.6 Å². The van der Waals surface area contributed by atoms with Gasteiger partial charge in [-0.05, 0) is 42.0 Å². The normalized spacial score (nSPS) is 10.7. The summed E-state index contributed by atoms with van der Waals surface area (Å²) in [7, 11) is 0. The van der Waals surface area contributed by atoms with Crippen LogP contribution in [-0.2, 0) is 4.79 Å². The Morgan fingerprint density at radius 2 is 1.85 bits per heavy atom. The number of aromatic hydroxyl groups is 1. The summed E-state index contributed by atoms with van der Waals surface area (Å²) in [6.45, 7) is -0.907. The fourth-order valence-electron chi connectivity index (χ4n) is 3.15. The molecule has 0 saturated carbocycles. The summed E-state index contributed by atoms with van der Waals surface area (Å²) in [6.07, 6.45) is 0. The van der Waals surface area contributed by atoms with E-state index in [1.807, 2.05) is 0 Å². The van der Waals surface area contributed by atoms with Crippen molar-refractivity contribution in [3.8, 4) is 33.9 Å². The van der Waals surface area contributed by atoms with Gasteiger partial charge in [0.05, 0.1) is 11.3 Å². The number of alkyl halides is 2. The molecule has 0 aliphatic rings. The van der Waals surface area contributed by atoms with Gasteiger partial charge in [0.2, 0.25) is 5.91 Å². The Morgan fingerprint density at radius 1 is 1.09 bits per heavy atom. The third-order valence-electron chi connectivity index (χ3n) is 4.60. The Kier molecular flexibility index (Phi) is 7.39. The van der Waals surface area contributed by atoms with Crippen molar-refractivity contribution in [2.75, 3.05) is 18.4 Å². The first kappa shape index (κ1) is 23.5. The molecule has 0 fully saturated rings. The number of primary amides is 1. The van der Waals surface area contributed by atoms with E-state index in [1.54, 1.807) is 36.4 Å². The van der Waals surface area contributed by atoms with Crippen LogP contribution in [0.1, 0.15) is 17.3 Å². The highest BCUT2D eigenvalue weighted by Crippen LogP contribution is 2.35. The maximum absolute atomic E-state index is 12.9. The van der Waals surface area contributed by atoms with E-state index in [0.29, 0.717) is 41.3 Å². The lowest BCUT2D eigenvalue weighted by Gasteiger charge is -2.15. The zero-order valence-corrected chi connectivity index (χ0v) is 17.6. The number of ether oxygens (including phenoxy) is 1. The Balaban J connectivity index is 2.07. The van der Waals surface area contributed by atoms with Crippen molar-refractivity contribution in [3.63, 3.8) is 0 Å². The molecule has 0 spiro atoms. The number of hydrogen-bond donors (Lipinski definition) is 4. The molecule has 1 heterocycles. The molecule has 3 rings (SSSR count). The maximum atomic E-state index is 12.9. The summed E-state index contributed by atoms with van der Waals surface area (Å²) in [4.78, 5) is 27.3. The molecule has 3 aromatic rings. The van der Waals surface area contributed by atoms with E-state index in [2.05, 4.69) is 20.4 Å². The van der Waals surface area contributed by atoms with Gasteiger partial charge >= 0.3 is 6.61 Å². The summed E-state index contributed by atoms with van der Waals surface area (Å²) in [5.74, 6) is -0.882. The average Bonchev–Trinajstić information content (AvgIpc) is 2.76. The van der Waals surface area contributed by atoms with E-state index < -0.39 is 12.5 Å². The number of hydrogen-bond acceptors (Lipinski definition) is 6. The smallest absolute Gasteiger partial charge is 0.387 e. The maximum Gasteiger partial charge on any atom is 0.387 e. The minimum Gasteiger partial charge on any atom is -0.507 e. The average molecular weight is 456 g/mol. The molecule has 0 aliphatic carbocycles. The lowest BCUT2D eigenvalue weighted by Crippen LogP contribution is -2.26. The van der Waals surface area contributed by atoms with E-state index in [0.717, 1.165) is 0 Å². The summed E-state index contributed by atoms with van der Waals surface area (Å²) in [5.41, 5.74) is 7.04. The van der Waals surface area contributed by atoms with Crippen molar-refractivity contribution in [3.05, 3.63) is 60.2 Å². The fourth-order valence-corrected chi connectivity index (χ4v) is 3.15. The number of anilines is 1. The Labute approximate surface area is 188 Å². The molecular weight excluding hydrogens is 434 g/mol. The van der Waals surface area contributed by atoms with Crippen LogP contribution in [0.2, 0.25) is 0 Å². The van der Waals surface area contributed by atoms with Crippen LogP contribution in [0, 0.1) is 0 Å². The molecule has 0 unspecified atom stereocenters. The fraction of sp³-hybridized carbons (Fsp3) is 0.174. The minimum absolute atomic E-state index is 0.0163. The van der Waals surface area contributed by atoms with Crippen molar-refractivity contribution in [1.82, 2.24) is 10.3 Å². The molecule has 1 aromatic heterocycles. The molecule has 8 nitrogen and oxygen atoms in total. The first-order chi connectivity index (χ1) is 15.7. The van der Waals surface area contributed by atoms with Crippen LogP contribution < -0.4 is 21.1 Å². The number of halogens is 2. The van der Waals surface area contributed by atoms with Gasteiger partial charge in [-0.25, -0.2) is 4.98 Å². The second-order valence-electron chi connectivity index (χ2n) is 7.01. The minimum atomic E-state index is -3.00. The molecular formula is C23H22F2N4O4. The van der Waals surface area contributed by atoms with Crippen molar-refractivity contribution in [2.24, 2.45) is 5.73 Å². The summed E-state index contributed by atoms with van der Waals surface area (Å²) in [6, 6.07) is 13.9. The first-order valence-electron chi connectivity index (χ1n) is 9.92. The van der Waals surface area contributed by atoms with Gasteiger partial charge < -0.3 is 26.2 Å². The molecule has 0 bridgehead atoms. The number of carbonyl (C=O) groups excluding carboxylic acids is 2. The third-order valence-corrected chi connectivity index (χ3v) is 4.60. The van der Waals surface area contributed by atoms with Gasteiger partial charge in [-0.3, -0.25) is 9.59 Å². The zero-order chi connectivity index (χ0) is 24.0. The second kappa shape index (κ2) is 10.4. The number of aromatic nitrogens is 1.